The van der Waals surface area contributed by atoms with Gasteiger partial charge in [-0.15, -0.1) is 0 Å². The van der Waals surface area contributed by atoms with E-state index in [1.165, 1.54) is 6.42 Å². The van der Waals surface area contributed by atoms with E-state index in [9.17, 15) is 18.0 Å². The van der Waals surface area contributed by atoms with Crippen LogP contribution in [-0.4, -0.2) is 49.2 Å². The van der Waals surface area contributed by atoms with E-state index in [1.54, 1.807) is 0 Å². The van der Waals surface area contributed by atoms with Crippen LogP contribution in [0.15, 0.2) is 0 Å². The van der Waals surface area contributed by atoms with Crippen molar-refractivity contribution < 1.29 is 27.8 Å². The lowest BCUT2D eigenvalue weighted by Crippen LogP contribution is -2.40. The minimum atomic E-state index is -4.65. The number of aliphatic hydroxyl groups is 1. The molecular weight excluding hydrogens is 301 g/mol. The summed E-state index contributed by atoms with van der Waals surface area (Å²) in [5, 5.41) is 13.5. The van der Waals surface area contributed by atoms with Crippen molar-refractivity contribution in [2.45, 2.75) is 57.4 Å². The summed E-state index contributed by atoms with van der Waals surface area (Å²) in [6.45, 7) is 2.59. The van der Waals surface area contributed by atoms with Crippen molar-refractivity contribution in [1.29, 1.82) is 0 Å². The van der Waals surface area contributed by atoms with Gasteiger partial charge < -0.3 is 20.5 Å². The number of alkyl halides is 3. The van der Waals surface area contributed by atoms with Gasteiger partial charge in [-0.25, -0.2) is 4.79 Å². The highest BCUT2D eigenvalue weighted by Gasteiger charge is 2.37. The van der Waals surface area contributed by atoms with Gasteiger partial charge >= 0.3 is 12.2 Å². The molecule has 0 radical (unpaired) electrons. The number of amides is 2. The normalized spacial score (nSPS) is 23.9. The molecule has 22 heavy (non-hydrogen) atoms. The molecule has 0 bridgehead atoms. The number of halogens is 3. The summed E-state index contributed by atoms with van der Waals surface area (Å²) in [5.74, 6) is 0.520. The monoisotopic (exact) mass is 326 g/mol. The molecule has 1 fully saturated rings. The maximum absolute atomic E-state index is 12.0. The minimum absolute atomic E-state index is 0.223. The molecule has 1 aliphatic rings. The van der Waals surface area contributed by atoms with Crippen LogP contribution in [0, 0.1) is 5.92 Å². The number of aliphatic hydroxyl groups excluding tert-OH is 1. The lowest BCUT2D eigenvalue weighted by atomic mass is 9.88. The lowest BCUT2D eigenvalue weighted by molar-refractivity contribution is -0.204. The third-order valence-electron chi connectivity index (χ3n) is 3.83. The highest BCUT2D eigenvalue weighted by Crippen LogP contribution is 2.26. The van der Waals surface area contributed by atoms with Crippen molar-refractivity contribution in [3.05, 3.63) is 0 Å². The Morgan fingerprint density at radius 3 is 2.55 bits per heavy atom. The van der Waals surface area contributed by atoms with E-state index >= 15 is 0 Å². The van der Waals surface area contributed by atoms with Crippen molar-refractivity contribution in [1.82, 2.24) is 10.6 Å². The first-order chi connectivity index (χ1) is 10.3. The fourth-order valence-corrected chi connectivity index (χ4v) is 2.45. The number of nitrogens with one attached hydrogen (secondary N) is 2. The molecule has 0 aromatic heterocycles. The molecule has 1 rings (SSSR count). The summed E-state index contributed by atoms with van der Waals surface area (Å²) in [7, 11) is 0. The fraction of sp³-hybridized carbons (Fsp3) is 0.929. The summed E-state index contributed by atoms with van der Waals surface area (Å²) >= 11 is 0. The summed E-state index contributed by atoms with van der Waals surface area (Å²) in [6.07, 6.45) is -2.83. The van der Waals surface area contributed by atoms with Crippen molar-refractivity contribution in [2.75, 3.05) is 19.7 Å². The molecule has 2 amide bonds. The Morgan fingerprint density at radius 1 is 1.27 bits per heavy atom. The van der Waals surface area contributed by atoms with Crippen LogP contribution in [0.4, 0.5) is 18.0 Å². The zero-order chi connectivity index (χ0) is 16.6. The Labute approximate surface area is 128 Å². The first-order valence-corrected chi connectivity index (χ1v) is 7.68. The summed E-state index contributed by atoms with van der Waals surface area (Å²) in [5.41, 5.74) is 0. The number of carbonyl (C=O) groups excluding carboxylic acids is 1. The zero-order valence-electron chi connectivity index (χ0n) is 12.8. The molecule has 3 atom stereocenters. The van der Waals surface area contributed by atoms with Crippen molar-refractivity contribution in [3.63, 3.8) is 0 Å². The molecule has 130 valence electrons. The first kappa shape index (κ1) is 19.0. The number of hydrogen-bond donors (Lipinski definition) is 3. The molecule has 0 aliphatic heterocycles. The Kier molecular flexibility index (Phi) is 7.95. The summed E-state index contributed by atoms with van der Waals surface area (Å²) in [4.78, 5) is 11.3. The van der Waals surface area contributed by atoms with E-state index < -0.39 is 24.7 Å². The quantitative estimate of drug-likeness (QED) is 0.628. The highest BCUT2D eigenvalue weighted by molar-refractivity contribution is 5.73. The number of carbonyl (C=O) groups is 1. The Bertz CT molecular complexity index is 340. The largest absolute Gasteiger partial charge is 0.414 e. The van der Waals surface area contributed by atoms with Crippen LogP contribution in [-0.2, 0) is 4.74 Å². The maximum Gasteiger partial charge on any atom is 0.414 e. The number of rotatable bonds is 7. The van der Waals surface area contributed by atoms with Crippen molar-refractivity contribution in [2.24, 2.45) is 5.92 Å². The molecule has 0 unspecified atom stereocenters. The van der Waals surface area contributed by atoms with E-state index in [1.807, 2.05) is 0 Å². The van der Waals surface area contributed by atoms with E-state index in [4.69, 9.17) is 9.84 Å². The maximum atomic E-state index is 12.0. The predicted molar refractivity (Wildman–Crippen MR) is 75.5 cm³/mol. The summed E-state index contributed by atoms with van der Waals surface area (Å²) < 4.78 is 41.8. The van der Waals surface area contributed by atoms with Crippen LogP contribution in [0.5, 0.6) is 0 Å². The van der Waals surface area contributed by atoms with Gasteiger partial charge in [-0.1, -0.05) is 19.8 Å². The van der Waals surface area contributed by atoms with Crippen LogP contribution >= 0.6 is 0 Å². The van der Waals surface area contributed by atoms with Gasteiger partial charge in [-0.3, -0.25) is 0 Å². The van der Waals surface area contributed by atoms with E-state index in [-0.39, 0.29) is 12.6 Å². The molecule has 1 saturated carbocycles. The second-order valence-electron chi connectivity index (χ2n) is 5.70. The van der Waals surface area contributed by atoms with Crippen molar-refractivity contribution >= 4 is 6.03 Å². The van der Waals surface area contributed by atoms with Gasteiger partial charge in [0.25, 0.3) is 0 Å². The molecule has 8 heteroatoms. The number of ether oxygens (including phenoxy) is 1. The van der Waals surface area contributed by atoms with Gasteiger partial charge in [0.05, 0.1) is 12.7 Å². The van der Waals surface area contributed by atoms with E-state index in [0.29, 0.717) is 19.1 Å². The molecule has 1 aliphatic carbocycles. The van der Waals surface area contributed by atoms with E-state index in [2.05, 4.69) is 17.6 Å². The van der Waals surface area contributed by atoms with Crippen LogP contribution in [0.25, 0.3) is 0 Å². The molecule has 0 saturated heterocycles. The number of hydrogen-bond acceptors (Lipinski definition) is 3. The molecule has 3 N–H and O–H groups in total. The molecular formula is C14H25F3N2O3. The second-order valence-corrected chi connectivity index (χ2v) is 5.70. The van der Waals surface area contributed by atoms with E-state index in [0.717, 1.165) is 19.3 Å². The minimum Gasteiger partial charge on any atom is -0.384 e. The SMILES string of the molecule is C[C@@H]1CCCC[C@H]1OCCNC(=O)NCC[C@@H](O)C(F)(F)F. The Hall–Kier alpha value is -1.02. The van der Waals surface area contributed by atoms with Crippen LogP contribution in [0.2, 0.25) is 0 Å². The molecule has 0 aromatic carbocycles. The van der Waals surface area contributed by atoms with Gasteiger partial charge in [-0.05, 0) is 25.2 Å². The van der Waals surface area contributed by atoms with Crippen LogP contribution < -0.4 is 10.6 Å². The highest BCUT2D eigenvalue weighted by atomic mass is 19.4. The van der Waals surface area contributed by atoms with Crippen molar-refractivity contribution in [3.8, 4) is 0 Å². The van der Waals surface area contributed by atoms with Gasteiger partial charge in [0, 0.05) is 13.1 Å². The topological polar surface area (TPSA) is 70.6 Å². The zero-order valence-corrected chi connectivity index (χ0v) is 12.8. The van der Waals surface area contributed by atoms with Gasteiger partial charge in [-0.2, -0.15) is 13.2 Å². The smallest absolute Gasteiger partial charge is 0.384 e. The Balaban J connectivity index is 2.04. The second kappa shape index (κ2) is 9.19. The van der Waals surface area contributed by atoms with Gasteiger partial charge in [0.15, 0.2) is 6.10 Å². The van der Waals surface area contributed by atoms with Crippen LogP contribution in [0.1, 0.15) is 39.0 Å². The van der Waals surface area contributed by atoms with Gasteiger partial charge in [0.1, 0.15) is 0 Å². The molecule has 0 aromatic rings. The predicted octanol–water partition coefficient (Wildman–Crippen LogP) is 2.19. The number of urea groups is 1. The summed E-state index contributed by atoms with van der Waals surface area (Å²) in [6, 6.07) is -0.560. The molecule has 0 spiro atoms. The third-order valence-corrected chi connectivity index (χ3v) is 3.83. The third kappa shape index (κ3) is 7.31. The average Bonchev–Trinajstić information content (AvgIpc) is 2.44. The average molecular weight is 326 g/mol. The van der Waals surface area contributed by atoms with Crippen LogP contribution in [0.3, 0.4) is 0 Å². The van der Waals surface area contributed by atoms with Gasteiger partial charge in [0.2, 0.25) is 0 Å². The first-order valence-electron chi connectivity index (χ1n) is 7.68. The fourth-order valence-electron chi connectivity index (χ4n) is 2.45. The Morgan fingerprint density at radius 2 is 1.91 bits per heavy atom. The molecule has 0 heterocycles. The molecule has 5 nitrogen and oxygen atoms in total. The standard InChI is InChI=1S/C14H25F3N2O3/c1-10-4-2-3-5-11(10)22-9-8-19-13(21)18-7-6-12(20)14(15,16)17/h10-12,20H,2-9H2,1H3,(H2,18,19,21)/t10-,11-,12-/m1/s1. The lowest BCUT2D eigenvalue weighted by Gasteiger charge is -2.28.